The number of aryl methyl sites for hydroxylation is 1. The fraction of sp³-hybridized carbons (Fsp3) is 0.133. The number of allylic oxidation sites excluding steroid dienone is 1. The van der Waals surface area contributed by atoms with Crippen molar-refractivity contribution in [3.05, 3.63) is 59.6 Å². The minimum Gasteiger partial charge on any atom is -0.458 e. The van der Waals surface area contributed by atoms with E-state index < -0.39 is 6.61 Å². The first-order valence-corrected chi connectivity index (χ1v) is 5.89. The Labute approximate surface area is 114 Å². The van der Waals surface area contributed by atoms with Crippen molar-refractivity contribution in [1.29, 1.82) is 0 Å². The van der Waals surface area contributed by atoms with Gasteiger partial charge >= 0.3 is 6.61 Å². The third kappa shape index (κ3) is 3.54. The zero-order valence-electron chi connectivity index (χ0n) is 10.7. The summed E-state index contributed by atoms with van der Waals surface area (Å²) in [4.78, 5) is 11.8. The number of halogens is 2. The van der Waals surface area contributed by atoms with Crippen molar-refractivity contribution >= 4 is 11.9 Å². The SMILES string of the molecule is Cc1ccc(C(=O)/C=C/c2ccccc2OC(F)F)o1. The highest BCUT2D eigenvalue weighted by Crippen LogP contribution is 2.21. The maximum absolute atomic E-state index is 12.2. The first-order valence-electron chi connectivity index (χ1n) is 5.89. The Morgan fingerprint density at radius 1 is 1.25 bits per heavy atom. The second kappa shape index (κ2) is 6.14. The van der Waals surface area contributed by atoms with Gasteiger partial charge in [0.1, 0.15) is 11.5 Å². The number of hydrogen-bond acceptors (Lipinski definition) is 3. The van der Waals surface area contributed by atoms with E-state index in [1.54, 1.807) is 37.3 Å². The molecule has 0 radical (unpaired) electrons. The Morgan fingerprint density at radius 2 is 2.00 bits per heavy atom. The molecule has 0 amide bonds. The average Bonchev–Trinajstić information content (AvgIpc) is 2.83. The quantitative estimate of drug-likeness (QED) is 0.611. The molecule has 104 valence electrons. The first kappa shape index (κ1) is 14.0. The summed E-state index contributed by atoms with van der Waals surface area (Å²) in [6.45, 7) is -1.18. The smallest absolute Gasteiger partial charge is 0.387 e. The molecule has 0 fully saturated rings. The maximum Gasteiger partial charge on any atom is 0.387 e. The van der Waals surface area contributed by atoms with E-state index in [-0.39, 0.29) is 17.3 Å². The fourth-order valence-corrected chi connectivity index (χ4v) is 1.64. The van der Waals surface area contributed by atoms with Crippen LogP contribution in [0.25, 0.3) is 6.08 Å². The van der Waals surface area contributed by atoms with E-state index in [1.807, 2.05) is 0 Å². The molecule has 2 aromatic rings. The van der Waals surface area contributed by atoms with Crippen LogP contribution in [0.1, 0.15) is 21.9 Å². The van der Waals surface area contributed by atoms with Gasteiger partial charge in [0.15, 0.2) is 5.76 Å². The summed E-state index contributed by atoms with van der Waals surface area (Å²) >= 11 is 0. The number of rotatable bonds is 5. The van der Waals surface area contributed by atoms with Gasteiger partial charge in [-0.3, -0.25) is 4.79 Å². The molecule has 0 spiro atoms. The number of carbonyl (C=O) groups is 1. The minimum atomic E-state index is -2.91. The highest BCUT2D eigenvalue weighted by molar-refractivity contribution is 6.05. The van der Waals surface area contributed by atoms with E-state index in [0.29, 0.717) is 11.3 Å². The van der Waals surface area contributed by atoms with Crippen LogP contribution in [-0.2, 0) is 0 Å². The van der Waals surface area contributed by atoms with E-state index in [9.17, 15) is 13.6 Å². The monoisotopic (exact) mass is 278 g/mol. The van der Waals surface area contributed by atoms with Crippen molar-refractivity contribution in [1.82, 2.24) is 0 Å². The number of benzene rings is 1. The molecule has 1 aromatic heterocycles. The Balaban J connectivity index is 2.17. The molecule has 0 unspecified atom stereocenters. The molecule has 2 rings (SSSR count). The number of ether oxygens (including phenoxy) is 1. The number of ketones is 1. The zero-order chi connectivity index (χ0) is 14.5. The number of alkyl halides is 2. The zero-order valence-corrected chi connectivity index (χ0v) is 10.7. The summed E-state index contributed by atoms with van der Waals surface area (Å²) in [5, 5.41) is 0. The van der Waals surface area contributed by atoms with Crippen LogP contribution in [0.2, 0.25) is 0 Å². The van der Waals surface area contributed by atoms with Gasteiger partial charge in [-0.2, -0.15) is 8.78 Å². The lowest BCUT2D eigenvalue weighted by Gasteiger charge is -2.06. The number of para-hydroxylation sites is 1. The molecule has 3 nitrogen and oxygen atoms in total. The van der Waals surface area contributed by atoms with Crippen LogP contribution in [0.5, 0.6) is 5.75 Å². The minimum absolute atomic E-state index is 0.0159. The summed E-state index contributed by atoms with van der Waals surface area (Å²) in [6, 6.07) is 9.47. The molecule has 0 N–H and O–H groups in total. The third-order valence-electron chi connectivity index (χ3n) is 2.53. The van der Waals surface area contributed by atoms with Crippen LogP contribution < -0.4 is 4.74 Å². The molecule has 0 aliphatic heterocycles. The summed E-state index contributed by atoms with van der Waals surface area (Å²) in [6.07, 6.45) is 2.67. The van der Waals surface area contributed by atoms with Crippen LogP contribution in [0.15, 0.2) is 46.9 Å². The predicted molar refractivity (Wildman–Crippen MR) is 69.9 cm³/mol. The first-order chi connectivity index (χ1) is 9.56. The van der Waals surface area contributed by atoms with E-state index in [0.717, 1.165) is 0 Å². The molecule has 0 aliphatic rings. The van der Waals surface area contributed by atoms with E-state index in [1.165, 1.54) is 18.2 Å². The molecule has 20 heavy (non-hydrogen) atoms. The predicted octanol–water partition coefficient (Wildman–Crippen LogP) is 4.09. The van der Waals surface area contributed by atoms with E-state index in [2.05, 4.69) is 4.74 Å². The van der Waals surface area contributed by atoms with Crippen LogP contribution >= 0.6 is 0 Å². The molecule has 0 saturated heterocycles. The Morgan fingerprint density at radius 3 is 2.65 bits per heavy atom. The van der Waals surface area contributed by atoms with Crippen LogP contribution in [-0.4, -0.2) is 12.4 Å². The van der Waals surface area contributed by atoms with Gasteiger partial charge in [-0.1, -0.05) is 18.2 Å². The lowest BCUT2D eigenvalue weighted by Crippen LogP contribution is -2.03. The second-order valence-electron chi connectivity index (χ2n) is 4.02. The Hall–Kier alpha value is -2.43. The highest BCUT2D eigenvalue weighted by Gasteiger charge is 2.09. The van der Waals surface area contributed by atoms with Crippen molar-refractivity contribution in [2.24, 2.45) is 0 Å². The molecular weight excluding hydrogens is 266 g/mol. The van der Waals surface area contributed by atoms with Crippen molar-refractivity contribution in [3.8, 4) is 5.75 Å². The van der Waals surface area contributed by atoms with Gasteiger partial charge in [-0.05, 0) is 37.3 Å². The van der Waals surface area contributed by atoms with Gasteiger partial charge in [0, 0.05) is 5.56 Å². The highest BCUT2D eigenvalue weighted by atomic mass is 19.3. The molecule has 5 heteroatoms. The van der Waals surface area contributed by atoms with Crippen molar-refractivity contribution in [2.75, 3.05) is 0 Å². The molecule has 1 heterocycles. The van der Waals surface area contributed by atoms with Crippen molar-refractivity contribution in [2.45, 2.75) is 13.5 Å². The third-order valence-corrected chi connectivity index (χ3v) is 2.53. The van der Waals surface area contributed by atoms with Crippen molar-refractivity contribution in [3.63, 3.8) is 0 Å². The van der Waals surface area contributed by atoms with Gasteiger partial charge in [0.2, 0.25) is 5.78 Å². The van der Waals surface area contributed by atoms with E-state index >= 15 is 0 Å². The molecule has 0 saturated carbocycles. The molecule has 0 atom stereocenters. The fourth-order valence-electron chi connectivity index (χ4n) is 1.64. The molecule has 0 aliphatic carbocycles. The van der Waals surface area contributed by atoms with Gasteiger partial charge in [0.25, 0.3) is 0 Å². The lowest BCUT2D eigenvalue weighted by atomic mass is 10.1. The van der Waals surface area contributed by atoms with Crippen LogP contribution in [0.3, 0.4) is 0 Å². The van der Waals surface area contributed by atoms with Crippen LogP contribution in [0, 0.1) is 6.92 Å². The Kier molecular flexibility index (Phi) is 4.30. The molecule has 0 bridgehead atoms. The number of carbonyl (C=O) groups excluding carboxylic acids is 1. The second-order valence-corrected chi connectivity index (χ2v) is 4.02. The largest absolute Gasteiger partial charge is 0.458 e. The summed E-state index contributed by atoms with van der Waals surface area (Å²) in [7, 11) is 0. The Bertz CT molecular complexity index is 630. The molecule has 1 aromatic carbocycles. The van der Waals surface area contributed by atoms with Gasteiger partial charge in [-0.15, -0.1) is 0 Å². The standard InChI is InChI=1S/C15H12F2O3/c1-10-6-9-14(19-10)12(18)8-7-11-4-2-3-5-13(11)20-15(16)17/h2-9,15H,1H3/b8-7+. The summed E-state index contributed by atoms with van der Waals surface area (Å²) in [5.74, 6) is 0.501. The van der Waals surface area contributed by atoms with E-state index in [4.69, 9.17) is 4.42 Å². The number of furan rings is 1. The number of hydrogen-bond donors (Lipinski definition) is 0. The van der Waals surface area contributed by atoms with Gasteiger partial charge in [-0.25, -0.2) is 0 Å². The average molecular weight is 278 g/mol. The maximum atomic E-state index is 12.2. The summed E-state index contributed by atoms with van der Waals surface area (Å²) in [5.41, 5.74) is 0.393. The molecular formula is C15H12F2O3. The van der Waals surface area contributed by atoms with Gasteiger partial charge < -0.3 is 9.15 Å². The summed E-state index contributed by atoms with van der Waals surface area (Å²) < 4.78 is 34.0. The normalized spacial score (nSPS) is 11.2. The van der Waals surface area contributed by atoms with Crippen molar-refractivity contribution < 1.29 is 22.7 Å². The van der Waals surface area contributed by atoms with Gasteiger partial charge in [0.05, 0.1) is 0 Å². The lowest BCUT2D eigenvalue weighted by molar-refractivity contribution is -0.0499. The van der Waals surface area contributed by atoms with Crippen LogP contribution in [0.4, 0.5) is 8.78 Å². The topological polar surface area (TPSA) is 39.4 Å².